The van der Waals surface area contributed by atoms with Crippen LogP contribution in [-0.4, -0.2) is 26.5 Å². The van der Waals surface area contributed by atoms with Gasteiger partial charge in [0.2, 0.25) is 0 Å². The molecule has 0 amide bonds. The van der Waals surface area contributed by atoms with Crippen LogP contribution >= 0.6 is 0 Å². The summed E-state index contributed by atoms with van der Waals surface area (Å²) in [6, 6.07) is 21.7. The third-order valence-corrected chi connectivity index (χ3v) is 14.8. The van der Waals surface area contributed by atoms with Gasteiger partial charge in [-0.3, -0.25) is 0 Å². The second-order valence-corrected chi connectivity index (χ2v) is 18.2. The van der Waals surface area contributed by atoms with E-state index in [1.54, 1.807) is 6.92 Å². The molecule has 232 valence electrons. The van der Waals surface area contributed by atoms with E-state index < -0.39 is 8.32 Å². The van der Waals surface area contributed by atoms with Crippen LogP contribution in [0.4, 0.5) is 0 Å². The molecule has 3 nitrogen and oxygen atoms in total. The molecular weight excluding hydrogens is 545 g/mol. The van der Waals surface area contributed by atoms with Gasteiger partial charge in [-0.1, -0.05) is 118 Å². The first-order valence-corrected chi connectivity index (χ1v) is 18.0. The Hall–Kier alpha value is -2.82. The lowest BCUT2D eigenvalue weighted by Gasteiger charge is -2.45. The van der Waals surface area contributed by atoms with Gasteiger partial charge in [0, 0.05) is 12.8 Å². The standard InChI is InChI=1S/C39H54O3Si/c1-30(16-15-17-33(4)41)22-27-37(31(2)23-25-34-26-24-32(3)39(34,8)28-29-40)42-43(38(5,6)7,35-18-11-9-12-19-35)36-20-13-10-14-21-36/h9-14,16,18-21,23,29,34,37H,3,15,17,22,24-28H2,1-2,4-8H3/b30-16+,31-23+/t34-,37?,39-/m0/s1. The summed E-state index contributed by atoms with van der Waals surface area (Å²) in [4.78, 5) is 23.1. The Kier molecular flexibility index (Phi) is 12.3. The summed E-state index contributed by atoms with van der Waals surface area (Å²) in [5.41, 5.74) is 3.64. The maximum Gasteiger partial charge on any atom is 0.261 e. The van der Waals surface area contributed by atoms with Crippen LogP contribution in [0.5, 0.6) is 0 Å². The first kappa shape index (κ1) is 34.7. The normalized spacial score (nSPS) is 20.7. The van der Waals surface area contributed by atoms with Crippen molar-refractivity contribution in [2.24, 2.45) is 11.3 Å². The predicted molar refractivity (Wildman–Crippen MR) is 184 cm³/mol. The molecule has 0 bridgehead atoms. The largest absolute Gasteiger partial charge is 0.401 e. The van der Waals surface area contributed by atoms with Gasteiger partial charge in [-0.15, -0.1) is 0 Å². The van der Waals surface area contributed by atoms with Gasteiger partial charge in [0.25, 0.3) is 8.32 Å². The van der Waals surface area contributed by atoms with Crippen LogP contribution < -0.4 is 10.4 Å². The molecule has 1 saturated carbocycles. The molecule has 4 heteroatoms. The number of allylic oxidation sites excluding steroid dienone is 4. The van der Waals surface area contributed by atoms with Crippen LogP contribution in [0.25, 0.3) is 0 Å². The minimum atomic E-state index is -2.77. The summed E-state index contributed by atoms with van der Waals surface area (Å²) in [6.07, 6.45) is 12.3. The molecule has 1 aliphatic rings. The van der Waals surface area contributed by atoms with Crippen LogP contribution in [0.15, 0.2) is 96.1 Å². The number of Topliss-reactive ketones (excluding diaryl/α,β-unsaturated/α-hetero) is 1. The summed E-state index contributed by atoms with van der Waals surface area (Å²) in [7, 11) is -2.77. The van der Waals surface area contributed by atoms with Gasteiger partial charge in [-0.25, -0.2) is 0 Å². The Morgan fingerprint density at radius 3 is 2.09 bits per heavy atom. The smallest absolute Gasteiger partial charge is 0.261 e. The van der Waals surface area contributed by atoms with Crippen molar-refractivity contribution in [3.8, 4) is 0 Å². The monoisotopic (exact) mass is 598 g/mol. The molecule has 0 N–H and O–H groups in total. The number of aldehydes is 1. The van der Waals surface area contributed by atoms with Gasteiger partial charge in [0.15, 0.2) is 0 Å². The highest BCUT2D eigenvalue weighted by Gasteiger charge is 2.51. The molecule has 0 aromatic heterocycles. The quantitative estimate of drug-likeness (QED) is 0.117. The molecule has 2 aromatic carbocycles. The van der Waals surface area contributed by atoms with Crippen LogP contribution in [0, 0.1) is 11.3 Å². The summed E-state index contributed by atoms with van der Waals surface area (Å²) in [5, 5.41) is 2.45. The average molecular weight is 599 g/mol. The fourth-order valence-electron chi connectivity index (χ4n) is 6.83. The molecule has 0 spiro atoms. The lowest BCUT2D eigenvalue weighted by Crippen LogP contribution is -2.67. The van der Waals surface area contributed by atoms with Crippen molar-refractivity contribution in [3.63, 3.8) is 0 Å². The van der Waals surface area contributed by atoms with Gasteiger partial charge in [0.1, 0.15) is 12.1 Å². The molecule has 1 unspecified atom stereocenters. The summed E-state index contributed by atoms with van der Waals surface area (Å²) < 4.78 is 7.68. The van der Waals surface area contributed by atoms with E-state index in [-0.39, 0.29) is 22.3 Å². The fraction of sp³-hybridized carbons (Fsp3) is 0.487. The molecule has 43 heavy (non-hydrogen) atoms. The molecule has 0 aliphatic heterocycles. The van der Waals surface area contributed by atoms with E-state index in [9.17, 15) is 9.59 Å². The third kappa shape index (κ3) is 8.42. The van der Waals surface area contributed by atoms with Gasteiger partial charge < -0.3 is 14.0 Å². The van der Waals surface area contributed by atoms with Crippen LogP contribution in [0.1, 0.15) is 99.8 Å². The highest BCUT2D eigenvalue weighted by molar-refractivity contribution is 6.99. The highest BCUT2D eigenvalue weighted by atomic mass is 28.4. The molecular formula is C39H54O3Si. The van der Waals surface area contributed by atoms with Crippen molar-refractivity contribution in [1.29, 1.82) is 0 Å². The minimum Gasteiger partial charge on any atom is -0.401 e. The van der Waals surface area contributed by atoms with Gasteiger partial charge in [0.05, 0.1) is 6.10 Å². The molecule has 3 atom stereocenters. The van der Waals surface area contributed by atoms with Crippen molar-refractivity contribution >= 4 is 30.8 Å². The van der Waals surface area contributed by atoms with Gasteiger partial charge >= 0.3 is 0 Å². The Morgan fingerprint density at radius 2 is 1.58 bits per heavy atom. The van der Waals surface area contributed by atoms with E-state index in [0.29, 0.717) is 18.8 Å². The van der Waals surface area contributed by atoms with Crippen molar-refractivity contribution in [1.82, 2.24) is 0 Å². The van der Waals surface area contributed by atoms with Crippen molar-refractivity contribution in [3.05, 3.63) is 96.1 Å². The first-order valence-electron chi connectivity index (χ1n) is 16.1. The topological polar surface area (TPSA) is 43.4 Å². The zero-order valence-corrected chi connectivity index (χ0v) is 28.7. The number of ketones is 1. The second-order valence-electron chi connectivity index (χ2n) is 13.9. The summed E-state index contributed by atoms with van der Waals surface area (Å²) in [5.74, 6) is 0.633. The van der Waals surface area contributed by atoms with Crippen molar-refractivity contribution in [2.45, 2.75) is 111 Å². The number of hydrogen-bond donors (Lipinski definition) is 0. The van der Waals surface area contributed by atoms with Crippen molar-refractivity contribution < 1.29 is 14.0 Å². The molecule has 0 radical (unpaired) electrons. The summed E-state index contributed by atoms with van der Waals surface area (Å²) in [6.45, 7) is 19.6. The minimum absolute atomic E-state index is 0.0654. The Balaban J connectivity index is 2.05. The zero-order chi connectivity index (χ0) is 31.7. The van der Waals surface area contributed by atoms with Crippen LogP contribution in [0.2, 0.25) is 5.04 Å². The second kappa shape index (κ2) is 15.3. The zero-order valence-electron chi connectivity index (χ0n) is 27.7. The number of rotatable bonds is 15. The van der Waals surface area contributed by atoms with E-state index in [2.05, 4.69) is 121 Å². The Labute approximate surface area is 262 Å². The first-order chi connectivity index (χ1) is 20.3. The highest BCUT2D eigenvalue weighted by Crippen LogP contribution is 2.50. The number of benzene rings is 2. The van der Waals surface area contributed by atoms with E-state index in [0.717, 1.165) is 44.8 Å². The summed E-state index contributed by atoms with van der Waals surface area (Å²) >= 11 is 0. The SMILES string of the molecule is C=C1CC[C@H](C/C=C(\C)C(CC/C(C)=C/CCC(C)=O)O[Si](c2ccccc2)(c2ccccc2)C(C)(C)C)[C@@]1(C)CC=O. The lowest BCUT2D eigenvalue weighted by atomic mass is 9.73. The maximum atomic E-state index is 11.6. The van der Waals surface area contributed by atoms with Crippen molar-refractivity contribution in [2.75, 3.05) is 0 Å². The molecule has 0 saturated heterocycles. The fourth-order valence-corrected chi connectivity index (χ4v) is 11.6. The predicted octanol–water partition coefficient (Wildman–Crippen LogP) is 8.93. The van der Waals surface area contributed by atoms with Crippen LogP contribution in [0.3, 0.4) is 0 Å². The molecule has 0 heterocycles. The Bertz CT molecular complexity index is 1250. The number of carbonyl (C=O) groups is 2. The average Bonchev–Trinajstić information content (AvgIpc) is 3.24. The molecule has 1 fully saturated rings. The van der Waals surface area contributed by atoms with Gasteiger partial charge in [-0.2, -0.15) is 0 Å². The number of carbonyl (C=O) groups excluding carboxylic acids is 2. The van der Waals surface area contributed by atoms with Crippen LogP contribution in [-0.2, 0) is 14.0 Å². The van der Waals surface area contributed by atoms with Gasteiger partial charge in [-0.05, 0) is 91.6 Å². The van der Waals surface area contributed by atoms with E-state index in [4.69, 9.17) is 4.43 Å². The lowest BCUT2D eigenvalue weighted by molar-refractivity contribution is -0.117. The van der Waals surface area contributed by atoms with E-state index in [1.807, 2.05) is 0 Å². The Morgan fingerprint density at radius 1 is 1.00 bits per heavy atom. The molecule has 1 aliphatic carbocycles. The number of hydrogen-bond acceptors (Lipinski definition) is 3. The molecule has 3 rings (SSSR count). The third-order valence-electron chi connectivity index (χ3n) is 9.77. The maximum absolute atomic E-state index is 11.6. The van der Waals surface area contributed by atoms with E-state index in [1.165, 1.54) is 27.1 Å². The van der Waals surface area contributed by atoms with E-state index >= 15 is 0 Å². The molecule has 2 aromatic rings.